The summed E-state index contributed by atoms with van der Waals surface area (Å²) >= 11 is 0. The maximum Gasteiger partial charge on any atom is 0.276 e. The molecule has 23 heavy (non-hydrogen) atoms. The summed E-state index contributed by atoms with van der Waals surface area (Å²) in [6.07, 6.45) is 6.18. The molecule has 1 aliphatic rings. The minimum Gasteiger partial charge on any atom is -0.382 e. The molecule has 1 fully saturated rings. The highest BCUT2D eigenvalue weighted by atomic mass is 16.2. The molecular weight excluding hydrogens is 288 g/mol. The molecule has 1 unspecified atom stereocenters. The zero-order valence-electron chi connectivity index (χ0n) is 13.4. The van der Waals surface area contributed by atoms with Gasteiger partial charge in [-0.25, -0.2) is 9.97 Å². The molecule has 2 N–H and O–H groups in total. The molecule has 1 amide bonds. The minimum absolute atomic E-state index is 0.107. The molecule has 0 saturated carbocycles. The van der Waals surface area contributed by atoms with Gasteiger partial charge in [-0.05, 0) is 37.7 Å². The Morgan fingerprint density at radius 1 is 1.26 bits per heavy atom. The molecule has 0 radical (unpaired) electrons. The van der Waals surface area contributed by atoms with Crippen LogP contribution < -0.4 is 5.73 Å². The molecule has 3 rings (SSSR count). The van der Waals surface area contributed by atoms with Crippen molar-refractivity contribution >= 4 is 11.7 Å². The monoisotopic (exact) mass is 310 g/mol. The van der Waals surface area contributed by atoms with E-state index in [0.29, 0.717) is 5.92 Å². The van der Waals surface area contributed by atoms with E-state index < -0.39 is 0 Å². The average Bonchev–Trinajstić information content (AvgIpc) is 2.57. The number of aryl methyl sites for hydroxylation is 1. The number of rotatable bonds is 3. The van der Waals surface area contributed by atoms with Gasteiger partial charge in [-0.1, -0.05) is 29.8 Å². The average molecular weight is 310 g/mol. The minimum atomic E-state index is -0.107. The molecule has 1 atom stereocenters. The van der Waals surface area contributed by atoms with Crippen LogP contribution in [0.25, 0.3) is 0 Å². The Hall–Kier alpha value is -2.43. The summed E-state index contributed by atoms with van der Waals surface area (Å²) in [6.45, 7) is 3.61. The van der Waals surface area contributed by atoms with Crippen molar-refractivity contribution in [2.24, 2.45) is 5.92 Å². The third-order valence-electron chi connectivity index (χ3n) is 4.38. The van der Waals surface area contributed by atoms with Gasteiger partial charge < -0.3 is 10.6 Å². The molecule has 0 spiro atoms. The highest BCUT2D eigenvalue weighted by molar-refractivity contribution is 5.96. The molecule has 0 bridgehead atoms. The number of likely N-dealkylation sites (tertiary alicyclic amines) is 1. The number of nitrogens with zero attached hydrogens (tertiary/aromatic N) is 3. The molecular formula is C18H22N4O. The SMILES string of the molecule is Cc1ccc(CC2CCCN(C(=O)c3nccnc3N)C2)cc1. The van der Waals surface area contributed by atoms with E-state index in [-0.39, 0.29) is 17.4 Å². The van der Waals surface area contributed by atoms with E-state index in [1.165, 1.54) is 23.5 Å². The first kappa shape index (κ1) is 15.5. The van der Waals surface area contributed by atoms with E-state index in [1.54, 1.807) is 0 Å². The molecule has 1 aliphatic heterocycles. The van der Waals surface area contributed by atoms with Gasteiger partial charge in [0, 0.05) is 25.5 Å². The fraction of sp³-hybridized carbons (Fsp3) is 0.389. The van der Waals surface area contributed by atoms with Crippen LogP contribution in [-0.2, 0) is 6.42 Å². The molecule has 1 aromatic heterocycles. The molecule has 0 aliphatic carbocycles. The Balaban J connectivity index is 1.67. The van der Waals surface area contributed by atoms with Crippen molar-refractivity contribution in [1.82, 2.24) is 14.9 Å². The highest BCUT2D eigenvalue weighted by Crippen LogP contribution is 2.22. The maximum atomic E-state index is 12.6. The second kappa shape index (κ2) is 6.77. The molecule has 2 aromatic rings. The summed E-state index contributed by atoms with van der Waals surface area (Å²) < 4.78 is 0. The topological polar surface area (TPSA) is 72.1 Å². The lowest BCUT2D eigenvalue weighted by atomic mass is 9.91. The zero-order chi connectivity index (χ0) is 16.2. The number of nitrogens with two attached hydrogens (primary N) is 1. The van der Waals surface area contributed by atoms with E-state index in [1.807, 2.05) is 4.90 Å². The van der Waals surface area contributed by atoms with Crippen molar-refractivity contribution in [2.75, 3.05) is 18.8 Å². The normalized spacial score (nSPS) is 18.0. The Morgan fingerprint density at radius 3 is 2.74 bits per heavy atom. The Morgan fingerprint density at radius 2 is 2.00 bits per heavy atom. The molecule has 1 aromatic carbocycles. The molecule has 120 valence electrons. The van der Waals surface area contributed by atoms with Crippen LogP contribution in [0.5, 0.6) is 0 Å². The van der Waals surface area contributed by atoms with E-state index in [9.17, 15) is 4.79 Å². The van der Waals surface area contributed by atoms with Gasteiger partial charge in [0.1, 0.15) is 0 Å². The Bertz CT molecular complexity index is 684. The summed E-state index contributed by atoms with van der Waals surface area (Å²) in [5.74, 6) is 0.579. The van der Waals surface area contributed by atoms with Gasteiger partial charge in [-0.15, -0.1) is 0 Å². The fourth-order valence-corrected chi connectivity index (χ4v) is 3.14. The predicted octanol–water partition coefficient (Wildman–Crippen LogP) is 2.46. The van der Waals surface area contributed by atoms with Gasteiger partial charge in [0.05, 0.1) is 0 Å². The fourth-order valence-electron chi connectivity index (χ4n) is 3.14. The third kappa shape index (κ3) is 3.67. The summed E-state index contributed by atoms with van der Waals surface area (Å²) in [5, 5.41) is 0. The zero-order valence-corrected chi connectivity index (χ0v) is 13.4. The Kier molecular flexibility index (Phi) is 4.55. The third-order valence-corrected chi connectivity index (χ3v) is 4.38. The lowest BCUT2D eigenvalue weighted by molar-refractivity contribution is 0.0668. The number of piperidine rings is 1. The summed E-state index contributed by atoms with van der Waals surface area (Å²) in [4.78, 5) is 22.5. The van der Waals surface area contributed by atoms with E-state index in [2.05, 4.69) is 41.2 Å². The first-order chi connectivity index (χ1) is 11.1. The molecule has 5 nitrogen and oxygen atoms in total. The number of anilines is 1. The standard InChI is InChI=1S/C18H22N4O/c1-13-4-6-14(7-5-13)11-15-3-2-10-22(12-15)18(23)16-17(19)21-9-8-20-16/h4-9,15H,2-3,10-12H2,1H3,(H2,19,21). The van der Waals surface area contributed by atoms with Crippen LogP contribution in [0.3, 0.4) is 0 Å². The largest absolute Gasteiger partial charge is 0.382 e. The number of carbonyl (C=O) groups excluding carboxylic acids is 1. The quantitative estimate of drug-likeness (QED) is 0.945. The van der Waals surface area contributed by atoms with Crippen LogP contribution in [0.1, 0.15) is 34.5 Å². The van der Waals surface area contributed by atoms with Crippen LogP contribution >= 0.6 is 0 Å². The predicted molar refractivity (Wildman–Crippen MR) is 90.0 cm³/mol. The van der Waals surface area contributed by atoms with Gasteiger partial charge in [0.2, 0.25) is 0 Å². The number of nitrogen functional groups attached to an aromatic ring is 1. The van der Waals surface area contributed by atoms with Crippen molar-refractivity contribution in [2.45, 2.75) is 26.2 Å². The van der Waals surface area contributed by atoms with Crippen LogP contribution in [0, 0.1) is 12.8 Å². The van der Waals surface area contributed by atoms with Crippen molar-refractivity contribution in [3.8, 4) is 0 Å². The van der Waals surface area contributed by atoms with Gasteiger partial charge in [-0.2, -0.15) is 0 Å². The second-order valence-corrected chi connectivity index (χ2v) is 6.24. The highest BCUT2D eigenvalue weighted by Gasteiger charge is 2.26. The number of amides is 1. The number of carbonyl (C=O) groups is 1. The summed E-state index contributed by atoms with van der Waals surface area (Å²) in [7, 11) is 0. The van der Waals surface area contributed by atoms with Gasteiger partial charge in [0.15, 0.2) is 11.5 Å². The Labute approximate surface area is 136 Å². The number of aromatic nitrogens is 2. The van der Waals surface area contributed by atoms with E-state index in [0.717, 1.165) is 32.4 Å². The summed E-state index contributed by atoms with van der Waals surface area (Å²) in [6, 6.07) is 8.64. The second-order valence-electron chi connectivity index (χ2n) is 6.24. The van der Waals surface area contributed by atoms with Crippen molar-refractivity contribution < 1.29 is 4.79 Å². The van der Waals surface area contributed by atoms with E-state index >= 15 is 0 Å². The van der Waals surface area contributed by atoms with Crippen LogP contribution in [0.4, 0.5) is 5.82 Å². The molecule has 2 heterocycles. The summed E-state index contributed by atoms with van der Waals surface area (Å²) in [5.41, 5.74) is 8.64. The number of hydrogen-bond donors (Lipinski definition) is 1. The lowest BCUT2D eigenvalue weighted by Gasteiger charge is -2.32. The van der Waals surface area contributed by atoms with Crippen LogP contribution in [0.2, 0.25) is 0 Å². The van der Waals surface area contributed by atoms with Gasteiger partial charge >= 0.3 is 0 Å². The maximum absolute atomic E-state index is 12.6. The van der Waals surface area contributed by atoms with Gasteiger partial charge in [0.25, 0.3) is 5.91 Å². The van der Waals surface area contributed by atoms with Crippen molar-refractivity contribution in [1.29, 1.82) is 0 Å². The lowest BCUT2D eigenvalue weighted by Crippen LogP contribution is -2.41. The number of hydrogen-bond acceptors (Lipinski definition) is 4. The van der Waals surface area contributed by atoms with Crippen LogP contribution in [-0.4, -0.2) is 33.9 Å². The smallest absolute Gasteiger partial charge is 0.276 e. The molecule has 5 heteroatoms. The van der Waals surface area contributed by atoms with Crippen LogP contribution in [0.15, 0.2) is 36.7 Å². The first-order valence-corrected chi connectivity index (χ1v) is 8.05. The molecule has 1 saturated heterocycles. The number of benzene rings is 1. The van der Waals surface area contributed by atoms with Gasteiger partial charge in [-0.3, -0.25) is 4.79 Å². The van der Waals surface area contributed by atoms with E-state index in [4.69, 9.17) is 5.73 Å². The first-order valence-electron chi connectivity index (χ1n) is 8.05. The van der Waals surface area contributed by atoms with Crippen molar-refractivity contribution in [3.05, 3.63) is 53.5 Å². The van der Waals surface area contributed by atoms with Crippen molar-refractivity contribution in [3.63, 3.8) is 0 Å².